The van der Waals surface area contributed by atoms with Crippen LogP contribution in [-0.4, -0.2) is 4.57 Å². The smallest absolute Gasteiger partial charge is 0.234 e. The minimum absolute atomic E-state index is 1.23. The van der Waals surface area contributed by atoms with Gasteiger partial charge in [-0.2, -0.15) is 0 Å². The number of imidazole rings is 1. The Labute approximate surface area is 272 Å². The van der Waals surface area contributed by atoms with Gasteiger partial charge in [-0.1, -0.05) is 194 Å². The zero-order chi connectivity index (χ0) is 30.9. The second-order valence-electron chi connectivity index (χ2n) is 14.1. The molecule has 0 aliphatic heterocycles. The zero-order valence-electron chi connectivity index (χ0n) is 30.3. The molecule has 0 unspecified atom stereocenters. The minimum atomic E-state index is 1.23. The Morgan fingerprint density at radius 2 is 0.721 bits per heavy atom. The van der Waals surface area contributed by atoms with Crippen LogP contribution in [0.15, 0.2) is 12.4 Å². The molecule has 0 fully saturated rings. The van der Waals surface area contributed by atoms with E-state index in [-0.39, 0.29) is 0 Å². The standard InChI is InChI=1S/C41H81N2/c1-4-7-10-13-16-18-19-20-21-22-23-24-25-27-30-33-36-41-42(37-34-31-28-15-12-9-6-3)39-40-43(41)38-35-32-29-26-17-14-11-8-5-2/h39-40H,4-38H2,1-3H3/q+1. The fraction of sp³-hybridized carbons (Fsp3) is 0.927. The van der Waals surface area contributed by atoms with Gasteiger partial charge in [0.1, 0.15) is 12.4 Å². The van der Waals surface area contributed by atoms with Crippen molar-refractivity contribution in [2.24, 2.45) is 0 Å². The third-order valence-electron chi connectivity index (χ3n) is 9.85. The SMILES string of the molecule is CCCCCCCCCCCCCCCCCCc1n(CCCCCCCCCCC)cc[n+]1CCCCCCCCC. The lowest BCUT2D eigenvalue weighted by Crippen LogP contribution is -2.37. The number of aromatic nitrogens is 2. The van der Waals surface area contributed by atoms with Crippen molar-refractivity contribution < 1.29 is 4.57 Å². The summed E-state index contributed by atoms with van der Waals surface area (Å²) < 4.78 is 5.26. The molecule has 2 heteroatoms. The average molecular weight is 602 g/mol. The first-order valence-corrected chi connectivity index (χ1v) is 20.4. The summed E-state index contributed by atoms with van der Waals surface area (Å²) in [4.78, 5) is 0. The zero-order valence-corrected chi connectivity index (χ0v) is 30.3. The van der Waals surface area contributed by atoms with E-state index in [1.54, 1.807) is 5.82 Å². The topological polar surface area (TPSA) is 8.81 Å². The predicted octanol–water partition coefficient (Wildman–Crippen LogP) is 13.9. The van der Waals surface area contributed by atoms with Gasteiger partial charge in [0.2, 0.25) is 0 Å². The highest BCUT2D eigenvalue weighted by Crippen LogP contribution is 2.16. The molecule has 0 atom stereocenters. The van der Waals surface area contributed by atoms with Gasteiger partial charge in [0.15, 0.2) is 0 Å². The van der Waals surface area contributed by atoms with Crippen molar-refractivity contribution in [1.29, 1.82) is 0 Å². The molecule has 43 heavy (non-hydrogen) atoms. The molecule has 1 rings (SSSR count). The molecule has 0 bridgehead atoms. The van der Waals surface area contributed by atoms with Crippen molar-refractivity contribution in [1.82, 2.24) is 4.57 Å². The van der Waals surface area contributed by atoms with E-state index in [1.165, 1.54) is 225 Å². The van der Waals surface area contributed by atoms with Crippen LogP contribution in [0.4, 0.5) is 0 Å². The number of unbranched alkanes of at least 4 members (excludes halogenated alkanes) is 29. The van der Waals surface area contributed by atoms with Crippen molar-refractivity contribution in [2.45, 2.75) is 246 Å². The number of hydrogen-bond acceptors (Lipinski definition) is 0. The van der Waals surface area contributed by atoms with Crippen molar-refractivity contribution >= 4 is 0 Å². The van der Waals surface area contributed by atoms with E-state index in [9.17, 15) is 0 Å². The third kappa shape index (κ3) is 25.1. The van der Waals surface area contributed by atoms with Crippen LogP contribution in [0.1, 0.15) is 232 Å². The van der Waals surface area contributed by atoms with Gasteiger partial charge in [-0.25, -0.2) is 9.13 Å². The monoisotopic (exact) mass is 602 g/mol. The highest BCUT2D eigenvalue weighted by Gasteiger charge is 2.16. The maximum absolute atomic E-state index is 2.63. The van der Waals surface area contributed by atoms with Gasteiger partial charge in [-0.15, -0.1) is 0 Å². The average Bonchev–Trinajstić information content (AvgIpc) is 3.40. The Hall–Kier alpha value is -0.790. The van der Waals surface area contributed by atoms with Gasteiger partial charge in [0, 0.05) is 6.42 Å². The van der Waals surface area contributed by atoms with E-state index in [0.717, 1.165) is 0 Å². The molecule has 0 radical (unpaired) electrons. The Morgan fingerprint density at radius 1 is 0.395 bits per heavy atom. The van der Waals surface area contributed by atoms with Crippen LogP contribution >= 0.6 is 0 Å². The first-order chi connectivity index (χ1) is 21.3. The molecular formula is C41H81N2+. The molecule has 1 aromatic heterocycles. The quantitative estimate of drug-likeness (QED) is 0.0540. The molecule has 0 N–H and O–H groups in total. The Balaban J connectivity index is 2.23. The highest BCUT2D eigenvalue weighted by molar-refractivity contribution is 4.84. The highest BCUT2D eigenvalue weighted by atomic mass is 15.1. The van der Waals surface area contributed by atoms with Gasteiger partial charge in [-0.3, -0.25) is 0 Å². The van der Waals surface area contributed by atoms with Crippen LogP contribution in [0.25, 0.3) is 0 Å². The van der Waals surface area contributed by atoms with Crippen molar-refractivity contribution in [3.63, 3.8) is 0 Å². The van der Waals surface area contributed by atoms with E-state index < -0.39 is 0 Å². The maximum Gasteiger partial charge on any atom is 0.256 e. The van der Waals surface area contributed by atoms with E-state index in [4.69, 9.17) is 0 Å². The summed E-state index contributed by atoms with van der Waals surface area (Å²) in [5.41, 5.74) is 0. The van der Waals surface area contributed by atoms with E-state index in [1.807, 2.05) is 0 Å². The molecule has 254 valence electrons. The molecular weight excluding hydrogens is 520 g/mol. The predicted molar refractivity (Wildman–Crippen MR) is 193 cm³/mol. The van der Waals surface area contributed by atoms with Gasteiger partial charge in [0.25, 0.3) is 5.82 Å². The molecule has 1 heterocycles. The van der Waals surface area contributed by atoms with Crippen LogP contribution < -0.4 is 4.57 Å². The lowest BCUT2D eigenvalue weighted by Gasteiger charge is -2.07. The number of nitrogens with zero attached hydrogens (tertiary/aromatic N) is 2. The summed E-state index contributed by atoms with van der Waals surface area (Å²) in [7, 11) is 0. The molecule has 0 amide bonds. The first-order valence-electron chi connectivity index (χ1n) is 20.4. The summed E-state index contributed by atoms with van der Waals surface area (Å²) in [6.45, 7) is 9.40. The van der Waals surface area contributed by atoms with Crippen molar-refractivity contribution in [3.8, 4) is 0 Å². The van der Waals surface area contributed by atoms with Crippen molar-refractivity contribution in [2.75, 3.05) is 0 Å². The molecule has 0 aliphatic carbocycles. The number of hydrogen-bond donors (Lipinski definition) is 0. The molecule has 0 saturated carbocycles. The fourth-order valence-corrected chi connectivity index (χ4v) is 6.86. The maximum atomic E-state index is 2.63. The van der Waals surface area contributed by atoms with E-state index >= 15 is 0 Å². The van der Waals surface area contributed by atoms with Crippen LogP contribution in [0.2, 0.25) is 0 Å². The van der Waals surface area contributed by atoms with Gasteiger partial charge in [0.05, 0.1) is 13.1 Å². The van der Waals surface area contributed by atoms with Crippen LogP contribution in [-0.2, 0) is 19.5 Å². The summed E-state index contributed by atoms with van der Waals surface area (Å²) >= 11 is 0. The second-order valence-corrected chi connectivity index (χ2v) is 14.1. The van der Waals surface area contributed by atoms with Crippen LogP contribution in [0, 0.1) is 0 Å². The van der Waals surface area contributed by atoms with Crippen molar-refractivity contribution in [3.05, 3.63) is 18.2 Å². The number of aryl methyl sites for hydroxylation is 2. The minimum Gasteiger partial charge on any atom is -0.234 e. The van der Waals surface area contributed by atoms with Crippen LogP contribution in [0.5, 0.6) is 0 Å². The lowest BCUT2D eigenvalue weighted by molar-refractivity contribution is -0.704. The molecule has 0 aliphatic rings. The Kier molecular flexibility index (Phi) is 30.5. The lowest BCUT2D eigenvalue weighted by atomic mass is 10.0. The van der Waals surface area contributed by atoms with Gasteiger partial charge in [-0.05, 0) is 32.1 Å². The number of rotatable bonds is 35. The van der Waals surface area contributed by atoms with Gasteiger partial charge < -0.3 is 0 Å². The van der Waals surface area contributed by atoms with Crippen LogP contribution in [0.3, 0.4) is 0 Å². The Bertz CT molecular complexity index is 663. The fourth-order valence-electron chi connectivity index (χ4n) is 6.86. The molecule has 0 spiro atoms. The molecule has 1 aromatic rings. The summed E-state index contributed by atoms with van der Waals surface area (Å²) in [5.74, 6) is 1.62. The Morgan fingerprint density at radius 3 is 1.12 bits per heavy atom. The molecule has 0 aromatic carbocycles. The second kappa shape index (κ2) is 32.6. The van der Waals surface area contributed by atoms with E-state index in [2.05, 4.69) is 42.3 Å². The summed E-state index contributed by atoms with van der Waals surface area (Å²) in [6.07, 6.45) is 51.9. The molecule has 2 nitrogen and oxygen atoms in total. The summed E-state index contributed by atoms with van der Waals surface area (Å²) in [5, 5.41) is 0. The normalized spacial score (nSPS) is 11.6. The first kappa shape index (κ1) is 40.2. The largest absolute Gasteiger partial charge is 0.256 e. The van der Waals surface area contributed by atoms with Gasteiger partial charge >= 0.3 is 0 Å². The molecule has 0 saturated heterocycles. The van der Waals surface area contributed by atoms with E-state index in [0.29, 0.717) is 0 Å². The summed E-state index contributed by atoms with van der Waals surface area (Å²) in [6, 6.07) is 0. The third-order valence-corrected chi connectivity index (χ3v) is 9.85.